The summed E-state index contributed by atoms with van der Waals surface area (Å²) in [6.45, 7) is 0. The minimum Gasteiger partial charge on any atom is -0.497 e. The van der Waals surface area contributed by atoms with Gasteiger partial charge >= 0.3 is 0 Å². The van der Waals surface area contributed by atoms with Crippen molar-refractivity contribution < 1.29 is 19.1 Å². The Bertz CT molecular complexity index is 1360. The third-order valence-corrected chi connectivity index (χ3v) is 5.38. The van der Waals surface area contributed by atoms with Crippen molar-refractivity contribution in [2.45, 2.75) is 0 Å². The second-order valence-corrected chi connectivity index (χ2v) is 7.09. The minimum absolute atomic E-state index is 0.253. The number of hydrogen-bond donors (Lipinski definition) is 0. The number of ether oxygens (including phenoxy) is 2. The van der Waals surface area contributed by atoms with Gasteiger partial charge in [0.25, 0.3) is 11.8 Å². The van der Waals surface area contributed by atoms with E-state index in [9.17, 15) is 9.59 Å². The highest BCUT2D eigenvalue weighted by Crippen LogP contribution is 2.37. The summed E-state index contributed by atoms with van der Waals surface area (Å²) in [5.41, 5.74) is 2.89. The fraction of sp³-hybridized carbons (Fsp3) is 0.130. The fourth-order valence-electron chi connectivity index (χ4n) is 3.86. The molecule has 8 heteroatoms. The molecule has 31 heavy (non-hydrogen) atoms. The summed E-state index contributed by atoms with van der Waals surface area (Å²) >= 11 is 0. The van der Waals surface area contributed by atoms with Gasteiger partial charge in [-0.25, -0.2) is 14.6 Å². The van der Waals surface area contributed by atoms with Crippen molar-refractivity contribution in [3.05, 3.63) is 65.9 Å². The van der Waals surface area contributed by atoms with Crippen LogP contribution in [-0.4, -0.2) is 40.8 Å². The molecule has 2 aromatic carbocycles. The fourth-order valence-corrected chi connectivity index (χ4v) is 3.86. The van der Waals surface area contributed by atoms with Crippen molar-refractivity contribution >= 4 is 28.5 Å². The number of imide groups is 1. The average Bonchev–Trinajstić information content (AvgIpc) is 3.27. The summed E-state index contributed by atoms with van der Waals surface area (Å²) in [4.78, 5) is 32.2. The molecule has 0 saturated heterocycles. The molecule has 0 bridgehead atoms. The Hall–Kier alpha value is -4.20. The Morgan fingerprint density at radius 2 is 1.65 bits per heavy atom. The van der Waals surface area contributed by atoms with Crippen LogP contribution in [0.5, 0.6) is 11.5 Å². The van der Waals surface area contributed by atoms with Crippen molar-refractivity contribution in [1.82, 2.24) is 14.8 Å². The van der Waals surface area contributed by atoms with Gasteiger partial charge in [-0.1, -0.05) is 6.07 Å². The number of nitrogens with zero attached hydrogens (tertiary/aromatic N) is 4. The minimum atomic E-state index is -0.424. The lowest BCUT2D eigenvalue weighted by atomic mass is 10.0. The molecule has 0 fully saturated rings. The van der Waals surface area contributed by atoms with E-state index in [4.69, 9.17) is 9.47 Å². The van der Waals surface area contributed by atoms with E-state index >= 15 is 0 Å². The Labute approximate surface area is 177 Å². The number of rotatable bonds is 4. The number of carbonyl (C=O) groups is 2. The van der Waals surface area contributed by atoms with E-state index in [-0.39, 0.29) is 5.56 Å². The summed E-state index contributed by atoms with van der Waals surface area (Å²) < 4.78 is 12.1. The third kappa shape index (κ3) is 2.76. The molecular formula is C23H18N4O4. The van der Waals surface area contributed by atoms with Crippen LogP contribution >= 0.6 is 0 Å². The normalized spacial score (nSPS) is 13.1. The van der Waals surface area contributed by atoms with Crippen LogP contribution in [0.4, 0.5) is 5.69 Å². The lowest BCUT2D eigenvalue weighted by Gasteiger charge is -2.14. The van der Waals surface area contributed by atoms with Crippen molar-refractivity contribution in [2.75, 3.05) is 19.1 Å². The number of pyridine rings is 1. The SMILES string of the molecule is COc1ccc(-c2nn(C)c3ncc4c(c23)C(=O)N(c2cccc(OC)c2)C4=O)cc1. The Morgan fingerprint density at radius 1 is 0.903 bits per heavy atom. The average molecular weight is 414 g/mol. The first-order valence-corrected chi connectivity index (χ1v) is 9.56. The first-order chi connectivity index (χ1) is 15.0. The zero-order valence-corrected chi connectivity index (χ0v) is 17.1. The van der Waals surface area contributed by atoms with Gasteiger partial charge < -0.3 is 9.47 Å². The van der Waals surface area contributed by atoms with E-state index in [1.807, 2.05) is 24.3 Å². The molecule has 1 aliphatic heterocycles. The molecule has 154 valence electrons. The number of aromatic nitrogens is 3. The van der Waals surface area contributed by atoms with Crippen LogP contribution in [0, 0.1) is 0 Å². The summed E-state index contributed by atoms with van der Waals surface area (Å²) in [7, 11) is 4.89. The van der Waals surface area contributed by atoms with E-state index in [1.165, 1.54) is 13.3 Å². The highest BCUT2D eigenvalue weighted by molar-refractivity contribution is 6.38. The van der Waals surface area contributed by atoms with Crippen LogP contribution in [0.1, 0.15) is 20.7 Å². The van der Waals surface area contributed by atoms with Gasteiger partial charge in [0, 0.05) is 24.9 Å². The van der Waals surface area contributed by atoms with E-state index in [0.29, 0.717) is 39.5 Å². The van der Waals surface area contributed by atoms with Crippen LogP contribution in [0.15, 0.2) is 54.7 Å². The molecule has 1 aliphatic rings. The van der Waals surface area contributed by atoms with Crippen molar-refractivity contribution in [2.24, 2.45) is 7.05 Å². The number of carbonyl (C=O) groups excluding carboxylic acids is 2. The van der Waals surface area contributed by atoms with Crippen LogP contribution in [0.25, 0.3) is 22.3 Å². The maximum atomic E-state index is 13.5. The maximum Gasteiger partial charge on any atom is 0.267 e. The van der Waals surface area contributed by atoms with Crippen LogP contribution < -0.4 is 14.4 Å². The summed E-state index contributed by atoms with van der Waals surface area (Å²) in [5, 5.41) is 5.14. The smallest absolute Gasteiger partial charge is 0.267 e. The third-order valence-electron chi connectivity index (χ3n) is 5.38. The molecule has 0 unspecified atom stereocenters. The molecule has 0 atom stereocenters. The molecule has 0 radical (unpaired) electrons. The van der Waals surface area contributed by atoms with Crippen molar-refractivity contribution in [3.63, 3.8) is 0 Å². The standard InChI is InChI=1S/C23H18N4O4/c1-26-21-19(20(25-26)13-7-9-15(30-2)10-8-13)18-17(12-24-21)22(28)27(23(18)29)14-5-4-6-16(11-14)31-3/h4-12H,1-3H3. The van der Waals surface area contributed by atoms with Gasteiger partial charge in [0.2, 0.25) is 0 Å². The number of hydrogen-bond acceptors (Lipinski definition) is 6. The number of aryl methyl sites for hydroxylation is 1. The van der Waals surface area contributed by atoms with Crippen LogP contribution in [0.2, 0.25) is 0 Å². The first-order valence-electron chi connectivity index (χ1n) is 9.56. The van der Waals surface area contributed by atoms with Crippen molar-refractivity contribution in [3.8, 4) is 22.8 Å². The lowest BCUT2D eigenvalue weighted by molar-refractivity contribution is 0.0926. The molecule has 8 nitrogen and oxygen atoms in total. The zero-order valence-electron chi connectivity index (χ0n) is 17.1. The topological polar surface area (TPSA) is 86.6 Å². The second-order valence-electron chi connectivity index (χ2n) is 7.09. The molecule has 0 saturated carbocycles. The van der Waals surface area contributed by atoms with Gasteiger partial charge in [0.1, 0.15) is 17.2 Å². The van der Waals surface area contributed by atoms with E-state index < -0.39 is 11.8 Å². The summed E-state index contributed by atoms with van der Waals surface area (Å²) in [5.74, 6) is 0.427. The molecular weight excluding hydrogens is 396 g/mol. The zero-order chi connectivity index (χ0) is 21.7. The monoisotopic (exact) mass is 414 g/mol. The summed E-state index contributed by atoms with van der Waals surface area (Å²) in [6, 6.07) is 14.2. The lowest BCUT2D eigenvalue weighted by Crippen LogP contribution is -2.29. The van der Waals surface area contributed by atoms with Crippen LogP contribution in [-0.2, 0) is 7.05 Å². The molecule has 0 N–H and O–H groups in total. The molecule has 0 spiro atoms. The predicted molar refractivity (Wildman–Crippen MR) is 115 cm³/mol. The molecule has 2 amide bonds. The summed E-state index contributed by atoms with van der Waals surface area (Å²) in [6.07, 6.45) is 1.44. The van der Waals surface area contributed by atoms with Gasteiger partial charge in [-0.3, -0.25) is 9.59 Å². The van der Waals surface area contributed by atoms with Gasteiger partial charge in [-0.05, 0) is 36.4 Å². The molecule has 5 rings (SSSR count). The van der Waals surface area contributed by atoms with Gasteiger partial charge in [-0.15, -0.1) is 0 Å². The largest absolute Gasteiger partial charge is 0.497 e. The number of fused-ring (bicyclic) bond motifs is 3. The maximum absolute atomic E-state index is 13.5. The Kier molecular flexibility index (Phi) is 4.21. The first kappa shape index (κ1) is 18.8. The quantitative estimate of drug-likeness (QED) is 0.476. The van der Waals surface area contributed by atoms with Crippen molar-refractivity contribution in [1.29, 1.82) is 0 Å². The van der Waals surface area contributed by atoms with E-state index in [2.05, 4.69) is 10.1 Å². The number of methoxy groups -OCH3 is 2. The van der Waals surface area contributed by atoms with E-state index in [1.54, 1.807) is 43.1 Å². The van der Waals surface area contributed by atoms with E-state index in [0.717, 1.165) is 10.5 Å². The molecule has 4 aromatic rings. The van der Waals surface area contributed by atoms with Gasteiger partial charge in [0.15, 0.2) is 5.65 Å². The highest BCUT2D eigenvalue weighted by Gasteiger charge is 2.40. The molecule has 2 aromatic heterocycles. The van der Waals surface area contributed by atoms with Gasteiger partial charge in [-0.2, -0.15) is 5.10 Å². The Balaban J connectivity index is 1.71. The molecule has 0 aliphatic carbocycles. The number of amides is 2. The predicted octanol–water partition coefficient (Wildman–Crippen LogP) is 3.45. The number of anilines is 1. The highest BCUT2D eigenvalue weighted by atomic mass is 16.5. The van der Waals surface area contributed by atoms with Crippen LogP contribution in [0.3, 0.4) is 0 Å². The number of benzene rings is 2. The second kappa shape index (κ2) is 6.94. The molecule has 3 heterocycles. The van der Waals surface area contributed by atoms with Gasteiger partial charge in [0.05, 0.1) is 36.4 Å². The Morgan fingerprint density at radius 3 is 2.35 bits per heavy atom.